The summed E-state index contributed by atoms with van der Waals surface area (Å²) in [7, 11) is 4.13. The molecule has 0 radical (unpaired) electrons. The van der Waals surface area contributed by atoms with Crippen molar-refractivity contribution in [2.75, 3.05) is 33.7 Å². The van der Waals surface area contributed by atoms with Crippen molar-refractivity contribution < 1.29 is 4.58 Å². The SMILES string of the molecule is CC[N+](=C=NCl)CCCN(C)C. The molecule has 0 aliphatic heterocycles. The number of rotatable bonds is 5. The van der Waals surface area contributed by atoms with E-state index in [1.165, 1.54) is 0 Å². The van der Waals surface area contributed by atoms with Crippen LogP contribution < -0.4 is 0 Å². The molecule has 0 spiro atoms. The van der Waals surface area contributed by atoms with Gasteiger partial charge in [-0.1, -0.05) is 0 Å². The van der Waals surface area contributed by atoms with Crippen LogP contribution in [0.3, 0.4) is 0 Å². The van der Waals surface area contributed by atoms with Gasteiger partial charge in [-0.2, -0.15) is 0 Å². The van der Waals surface area contributed by atoms with Crippen molar-refractivity contribution in [2.45, 2.75) is 13.3 Å². The first kappa shape index (κ1) is 11.6. The van der Waals surface area contributed by atoms with Crippen molar-refractivity contribution in [1.29, 1.82) is 0 Å². The Morgan fingerprint density at radius 1 is 1.50 bits per heavy atom. The molecule has 4 heteroatoms. The van der Waals surface area contributed by atoms with Crippen molar-refractivity contribution in [1.82, 2.24) is 4.90 Å². The van der Waals surface area contributed by atoms with Gasteiger partial charge < -0.3 is 4.90 Å². The third-order valence-corrected chi connectivity index (χ3v) is 1.67. The van der Waals surface area contributed by atoms with Gasteiger partial charge in [-0.25, -0.2) is 4.58 Å². The molecule has 0 rings (SSSR count). The fourth-order valence-electron chi connectivity index (χ4n) is 0.910. The highest BCUT2D eigenvalue weighted by Gasteiger charge is 1.97. The third kappa shape index (κ3) is 6.35. The van der Waals surface area contributed by atoms with Gasteiger partial charge in [0.05, 0.1) is 17.6 Å². The molecule has 0 heterocycles. The molecule has 70 valence electrons. The minimum atomic E-state index is 0.906. The fourth-order valence-corrected chi connectivity index (χ4v) is 1.02. The van der Waals surface area contributed by atoms with E-state index in [1.54, 1.807) is 0 Å². The molecule has 12 heavy (non-hydrogen) atoms. The number of hydrogen-bond acceptors (Lipinski definition) is 2. The zero-order valence-electron chi connectivity index (χ0n) is 8.05. The fraction of sp³-hybridized carbons (Fsp3) is 0.875. The second kappa shape index (κ2) is 7.29. The lowest BCUT2D eigenvalue weighted by Crippen LogP contribution is -2.19. The smallest absolute Gasteiger partial charge is 0.309 e. The van der Waals surface area contributed by atoms with Gasteiger partial charge in [0.25, 0.3) is 0 Å². The van der Waals surface area contributed by atoms with Gasteiger partial charge in [-0.05, 0) is 27.4 Å². The Morgan fingerprint density at radius 3 is 2.58 bits per heavy atom. The predicted molar refractivity (Wildman–Crippen MR) is 52.1 cm³/mol. The Kier molecular flexibility index (Phi) is 7.06. The molecule has 0 bridgehead atoms. The summed E-state index contributed by atoms with van der Waals surface area (Å²) in [5.74, 6) is 0. The Bertz CT molecular complexity index is 171. The zero-order chi connectivity index (χ0) is 9.40. The molecule has 0 fully saturated rings. The van der Waals surface area contributed by atoms with E-state index in [4.69, 9.17) is 11.8 Å². The molecule has 0 aliphatic carbocycles. The summed E-state index contributed by atoms with van der Waals surface area (Å²) in [5, 5.41) is 0. The van der Waals surface area contributed by atoms with Gasteiger partial charge in [0.2, 0.25) is 11.8 Å². The van der Waals surface area contributed by atoms with E-state index in [9.17, 15) is 0 Å². The summed E-state index contributed by atoms with van der Waals surface area (Å²) < 4.78 is 5.31. The highest BCUT2D eigenvalue weighted by molar-refractivity contribution is 6.16. The normalized spacial score (nSPS) is 9.75. The summed E-state index contributed by atoms with van der Waals surface area (Å²) >= 11 is 5.18. The summed E-state index contributed by atoms with van der Waals surface area (Å²) in [4.78, 5) is 2.16. The van der Waals surface area contributed by atoms with Gasteiger partial charge in [0.1, 0.15) is 0 Å². The van der Waals surface area contributed by atoms with Gasteiger partial charge in [0.15, 0.2) is 0 Å². The standard InChI is InChI=1S/C8H17ClN3/c1-4-12(8-10-9)7-5-6-11(2)3/h4-7H2,1-3H3/q+1. The van der Waals surface area contributed by atoms with E-state index in [0.29, 0.717) is 0 Å². The molecule has 0 atom stereocenters. The molecule has 0 aliphatic rings. The number of hydrogen-bond donors (Lipinski definition) is 0. The molecule has 0 aromatic heterocycles. The van der Waals surface area contributed by atoms with E-state index in [2.05, 4.69) is 36.4 Å². The van der Waals surface area contributed by atoms with Crippen LogP contribution in [0.2, 0.25) is 0 Å². The first-order chi connectivity index (χ1) is 5.70. The number of halogens is 1. The van der Waals surface area contributed by atoms with Crippen LogP contribution in [-0.2, 0) is 0 Å². The Balaban J connectivity index is 3.67. The molecule has 0 saturated heterocycles. The molecule has 0 N–H and O–H groups in total. The van der Waals surface area contributed by atoms with E-state index in [-0.39, 0.29) is 0 Å². The van der Waals surface area contributed by atoms with Crippen LogP contribution in [0.5, 0.6) is 0 Å². The lowest BCUT2D eigenvalue weighted by molar-refractivity contribution is -0.518. The summed E-state index contributed by atoms with van der Waals surface area (Å²) in [6.07, 6.45) is 1.11. The summed E-state index contributed by atoms with van der Waals surface area (Å²) in [6.45, 7) is 5.01. The number of nitrogens with zero attached hydrogens (tertiary/aromatic N) is 3. The van der Waals surface area contributed by atoms with Crippen molar-refractivity contribution in [2.24, 2.45) is 4.51 Å². The minimum Gasteiger partial charge on any atom is -0.309 e. The van der Waals surface area contributed by atoms with Crippen LogP contribution in [0.4, 0.5) is 0 Å². The molecule has 0 aromatic carbocycles. The molecule has 3 nitrogen and oxygen atoms in total. The Morgan fingerprint density at radius 2 is 2.17 bits per heavy atom. The van der Waals surface area contributed by atoms with Gasteiger partial charge in [-0.15, -0.1) is 0 Å². The highest BCUT2D eigenvalue weighted by Crippen LogP contribution is 1.84. The van der Waals surface area contributed by atoms with E-state index in [0.717, 1.165) is 26.1 Å². The lowest BCUT2D eigenvalue weighted by Gasteiger charge is -2.07. The van der Waals surface area contributed by atoms with Crippen LogP contribution in [0.15, 0.2) is 4.51 Å². The summed E-state index contributed by atoms with van der Waals surface area (Å²) in [6, 6.07) is 2.71. The molecular formula is C8H17ClN3+. The highest BCUT2D eigenvalue weighted by atomic mass is 35.5. The second-order valence-electron chi connectivity index (χ2n) is 2.92. The van der Waals surface area contributed by atoms with Crippen LogP contribution in [-0.4, -0.2) is 49.2 Å². The molecule has 0 amide bonds. The maximum Gasteiger partial charge on any atom is 0.329 e. The van der Waals surface area contributed by atoms with E-state index < -0.39 is 0 Å². The largest absolute Gasteiger partial charge is 0.329 e. The first-order valence-electron chi connectivity index (χ1n) is 4.17. The Labute approximate surface area is 79.5 Å². The Hall–Kier alpha value is -0.370. The van der Waals surface area contributed by atoms with Crippen molar-refractivity contribution >= 4 is 17.8 Å². The van der Waals surface area contributed by atoms with E-state index >= 15 is 0 Å². The minimum absolute atomic E-state index is 0.906. The van der Waals surface area contributed by atoms with Crippen molar-refractivity contribution in [3.05, 3.63) is 0 Å². The molecule has 0 aromatic rings. The monoisotopic (exact) mass is 190 g/mol. The van der Waals surface area contributed by atoms with E-state index in [1.807, 2.05) is 4.58 Å². The van der Waals surface area contributed by atoms with Crippen LogP contribution in [0, 0.1) is 0 Å². The maximum atomic E-state index is 5.18. The zero-order valence-corrected chi connectivity index (χ0v) is 8.80. The molecule has 0 saturated carbocycles. The van der Waals surface area contributed by atoms with Gasteiger partial charge in [0, 0.05) is 6.54 Å². The molecular weight excluding hydrogens is 174 g/mol. The summed E-state index contributed by atoms with van der Waals surface area (Å²) in [5.41, 5.74) is 0. The average Bonchev–Trinajstić information content (AvgIpc) is 2.02. The second-order valence-corrected chi connectivity index (χ2v) is 3.09. The van der Waals surface area contributed by atoms with Crippen molar-refractivity contribution in [3.8, 4) is 0 Å². The van der Waals surface area contributed by atoms with Crippen molar-refractivity contribution in [3.63, 3.8) is 0 Å². The quantitative estimate of drug-likeness (QED) is 0.472. The third-order valence-electron chi connectivity index (χ3n) is 1.59. The molecule has 0 unspecified atom stereocenters. The average molecular weight is 191 g/mol. The van der Waals surface area contributed by atoms with Crippen LogP contribution in [0.1, 0.15) is 13.3 Å². The predicted octanol–water partition coefficient (Wildman–Crippen LogP) is 1.30. The lowest BCUT2D eigenvalue weighted by atomic mass is 10.4. The van der Waals surface area contributed by atoms with Crippen LogP contribution >= 0.6 is 11.8 Å². The van der Waals surface area contributed by atoms with Gasteiger partial charge >= 0.3 is 6.01 Å². The van der Waals surface area contributed by atoms with Crippen LogP contribution in [0.25, 0.3) is 0 Å². The topological polar surface area (TPSA) is 18.6 Å². The first-order valence-corrected chi connectivity index (χ1v) is 4.50. The maximum absolute atomic E-state index is 5.18. The van der Waals surface area contributed by atoms with Gasteiger partial charge in [-0.3, -0.25) is 0 Å².